The van der Waals surface area contributed by atoms with Crippen LogP contribution in [0.5, 0.6) is 0 Å². The van der Waals surface area contributed by atoms with Gasteiger partial charge in [-0.2, -0.15) is 5.26 Å². The summed E-state index contributed by atoms with van der Waals surface area (Å²) < 4.78 is 8.10. The van der Waals surface area contributed by atoms with E-state index in [9.17, 15) is 5.26 Å². The van der Waals surface area contributed by atoms with E-state index in [2.05, 4.69) is 56.5 Å². The first-order valence-corrected chi connectivity index (χ1v) is 12.5. The molecule has 1 aliphatic rings. The van der Waals surface area contributed by atoms with Crippen molar-refractivity contribution in [2.24, 2.45) is 0 Å². The largest absolute Gasteiger partial charge is 0.376 e. The molecule has 0 saturated carbocycles. The van der Waals surface area contributed by atoms with Gasteiger partial charge in [0.25, 0.3) is 0 Å². The maximum Gasteiger partial charge on any atom is 0.191 e. The molecular formula is C25H22N4OS2. The highest BCUT2D eigenvalue weighted by Gasteiger charge is 2.22. The molecule has 2 aromatic heterocycles. The standard InChI is InChI=1S/C25H22N4OS2/c26-15-20-5-1-2-7-22(20)19-11-9-18(10-12-19)17-32-25-28-27-24(23-8-4-14-31-23)29(25)16-21-6-3-13-30-21/h1-2,4-5,7-12,14,21H,3,6,13,16-17H2. The van der Waals surface area contributed by atoms with Crippen molar-refractivity contribution in [3.8, 4) is 27.9 Å². The number of benzene rings is 2. The number of hydrogen-bond acceptors (Lipinski definition) is 6. The fraction of sp³-hybridized carbons (Fsp3) is 0.240. The third-order valence-corrected chi connectivity index (χ3v) is 7.45. The maximum atomic E-state index is 9.37. The molecule has 1 atom stereocenters. The summed E-state index contributed by atoms with van der Waals surface area (Å²) in [6.07, 6.45) is 2.42. The van der Waals surface area contributed by atoms with Crippen LogP contribution >= 0.6 is 23.1 Å². The molecule has 3 heterocycles. The van der Waals surface area contributed by atoms with Crippen LogP contribution in [0.3, 0.4) is 0 Å². The van der Waals surface area contributed by atoms with Crippen LogP contribution in [-0.2, 0) is 17.0 Å². The third kappa shape index (κ3) is 4.49. The second-order valence-electron chi connectivity index (χ2n) is 7.67. The molecule has 0 amide bonds. The SMILES string of the molecule is N#Cc1ccccc1-c1ccc(CSc2nnc(-c3cccs3)n2CC2CCCO2)cc1. The lowest BCUT2D eigenvalue weighted by atomic mass is 10.00. The van der Waals surface area contributed by atoms with Gasteiger partial charge in [-0.1, -0.05) is 60.3 Å². The Labute approximate surface area is 195 Å². The van der Waals surface area contributed by atoms with Crippen molar-refractivity contribution >= 4 is 23.1 Å². The van der Waals surface area contributed by atoms with Crippen molar-refractivity contribution in [1.82, 2.24) is 14.8 Å². The van der Waals surface area contributed by atoms with Gasteiger partial charge >= 0.3 is 0 Å². The molecule has 0 N–H and O–H groups in total. The quantitative estimate of drug-likeness (QED) is 0.317. The Hall–Kier alpha value is -2.92. The number of hydrogen-bond donors (Lipinski definition) is 0. The van der Waals surface area contributed by atoms with Gasteiger partial charge in [-0.05, 0) is 47.0 Å². The van der Waals surface area contributed by atoms with Crippen LogP contribution in [0.25, 0.3) is 21.8 Å². The summed E-state index contributed by atoms with van der Waals surface area (Å²) in [6.45, 7) is 1.62. The highest BCUT2D eigenvalue weighted by Crippen LogP contribution is 2.31. The lowest BCUT2D eigenvalue weighted by molar-refractivity contribution is 0.0953. The Balaban J connectivity index is 1.34. The molecule has 7 heteroatoms. The number of ether oxygens (including phenoxy) is 1. The van der Waals surface area contributed by atoms with E-state index in [0.717, 1.165) is 58.7 Å². The van der Waals surface area contributed by atoms with Crippen molar-refractivity contribution in [3.63, 3.8) is 0 Å². The predicted molar refractivity (Wildman–Crippen MR) is 128 cm³/mol. The van der Waals surface area contributed by atoms with Crippen LogP contribution in [0.2, 0.25) is 0 Å². The Morgan fingerprint density at radius 2 is 1.97 bits per heavy atom. The summed E-state index contributed by atoms with van der Waals surface area (Å²) in [5.74, 6) is 1.72. The lowest BCUT2D eigenvalue weighted by Crippen LogP contribution is -2.16. The number of nitrogens with zero attached hydrogens (tertiary/aromatic N) is 4. The van der Waals surface area contributed by atoms with E-state index in [-0.39, 0.29) is 6.10 Å². The zero-order valence-electron chi connectivity index (χ0n) is 17.5. The zero-order valence-corrected chi connectivity index (χ0v) is 19.1. The molecule has 5 rings (SSSR count). The second kappa shape index (κ2) is 9.70. The molecule has 4 aromatic rings. The van der Waals surface area contributed by atoms with Gasteiger partial charge in [0.15, 0.2) is 11.0 Å². The van der Waals surface area contributed by atoms with E-state index in [0.29, 0.717) is 5.56 Å². The molecule has 32 heavy (non-hydrogen) atoms. The second-order valence-corrected chi connectivity index (χ2v) is 9.56. The Bertz CT molecular complexity index is 1220. The molecule has 0 radical (unpaired) electrons. The molecule has 0 spiro atoms. The van der Waals surface area contributed by atoms with Crippen LogP contribution in [-0.4, -0.2) is 27.5 Å². The fourth-order valence-corrected chi connectivity index (χ4v) is 5.52. The molecule has 160 valence electrons. The van der Waals surface area contributed by atoms with Gasteiger partial charge in [0.05, 0.1) is 29.2 Å². The normalized spacial score (nSPS) is 15.7. The molecule has 1 unspecified atom stereocenters. The van der Waals surface area contributed by atoms with Gasteiger partial charge in [0.2, 0.25) is 0 Å². The van der Waals surface area contributed by atoms with Gasteiger partial charge < -0.3 is 4.74 Å². The molecule has 1 aliphatic heterocycles. The lowest BCUT2D eigenvalue weighted by Gasteiger charge is -2.14. The van der Waals surface area contributed by atoms with Gasteiger partial charge in [-0.15, -0.1) is 21.5 Å². The molecule has 0 bridgehead atoms. The summed E-state index contributed by atoms with van der Waals surface area (Å²) in [5, 5.41) is 21.4. The summed E-state index contributed by atoms with van der Waals surface area (Å²) in [5.41, 5.74) is 3.92. The first-order chi connectivity index (χ1) is 15.8. The smallest absolute Gasteiger partial charge is 0.191 e. The van der Waals surface area contributed by atoms with E-state index in [1.165, 1.54) is 5.56 Å². The molecule has 5 nitrogen and oxygen atoms in total. The van der Waals surface area contributed by atoms with Gasteiger partial charge in [0, 0.05) is 12.4 Å². The van der Waals surface area contributed by atoms with Crippen LogP contribution < -0.4 is 0 Å². The third-order valence-electron chi connectivity index (χ3n) is 5.55. The Kier molecular flexibility index (Phi) is 6.35. The number of nitriles is 1. The molecule has 1 fully saturated rings. The van der Waals surface area contributed by atoms with Gasteiger partial charge in [0.1, 0.15) is 0 Å². The van der Waals surface area contributed by atoms with Crippen LogP contribution in [0.15, 0.2) is 71.2 Å². The molecular weight excluding hydrogens is 436 g/mol. The number of thiophene rings is 1. The average Bonchev–Trinajstić information content (AvgIpc) is 3.61. The van der Waals surface area contributed by atoms with E-state index in [1.54, 1.807) is 23.1 Å². The van der Waals surface area contributed by atoms with E-state index >= 15 is 0 Å². The first kappa shape index (κ1) is 21.0. The van der Waals surface area contributed by atoms with Crippen molar-refractivity contribution < 1.29 is 4.74 Å². The minimum atomic E-state index is 0.226. The highest BCUT2D eigenvalue weighted by molar-refractivity contribution is 7.98. The fourth-order valence-electron chi connectivity index (χ4n) is 3.90. The van der Waals surface area contributed by atoms with Crippen LogP contribution in [0.4, 0.5) is 0 Å². The Morgan fingerprint density at radius 1 is 1.09 bits per heavy atom. The van der Waals surface area contributed by atoms with Crippen molar-refractivity contribution in [2.75, 3.05) is 6.61 Å². The summed E-state index contributed by atoms with van der Waals surface area (Å²) in [6, 6.07) is 22.5. The van der Waals surface area contributed by atoms with Crippen molar-refractivity contribution in [2.45, 2.75) is 36.4 Å². The summed E-state index contributed by atoms with van der Waals surface area (Å²) in [4.78, 5) is 1.13. The minimum Gasteiger partial charge on any atom is -0.376 e. The highest BCUT2D eigenvalue weighted by atomic mass is 32.2. The van der Waals surface area contributed by atoms with E-state index in [4.69, 9.17) is 4.74 Å². The monoisotopic (exact) mass is 458 g/mol. The molecule has 0 aliphatic carbocycles. The molecule has 2 aromatic carbocycles. The predicted octanol–water partition coefficient (Wildman–Crippen LogP) is 6.02. The minimum absolute atomic E-state index is 0.226. The number of rotatable bonds is 7. The van der Waals surface area contributed by atoms with Crippen LogP contribution in [0, 0.1) is 11.3 Å². The molecule has 1 saturated heterocycles. The Morgan fingerprint density at radius 3 is 2.72 bits per heavy atom. The van der Waals surface area contributed by atoms with E-state index in [1.807, 2.05) is 30.3 Å². The number of aromatic nitrogens is 3. The summed E-state index contributed by atoms with van der Waals surface area (Å²) >= 11 is 3.38. The number of thioether (sulfide) groups is 1. The van der Waals surface area contributed by atoms with Crippen LogP contribution in [0.1, 0.15) is 24.0 Å². The maximum absolute atomic E-state index is 9.37. The first-order valence-electron chi connectivity index (χ1n) is 10.6. The summed E-state index contributed by atoms with van der Waals surface area (Å²) in [7, 11) is 0. The van der Waals surface area contributed by atoms with Crippen molar-refractivity contribution in [3.05, 3.63) is 77.2 Å². The van der Waals surface area contributed by atoms with E-state index < -0.39 is 0 Å². The average molecular weight is 459 g/mol. The topological polar surface area (TPSA) is 63.7 Å². The van der Waals surface area contributed by atoms with Crippen molar-refractivity contribution in [1.29, 1.82) is 5.26 Å². The zero-order chi connectivity index (χ0) is 21.8. The van der Waals surface area contributed by atoms with Gasteiger partial charge in [-0.25, -0.2) is 0 Å². The van der Waals surface area contributed by atoms with Gasteiger partial charge in [-0.3, -0.25) is 4.57 Å².